The smallest absolute Gasteiger partial charge is 0.265 e. The maximum absolute atomic E-state index is 12.4. The Balaban J connectivity index is 2.15. The van der Waals surface area contributed by atoms with E-state index in [1.54, 1.807) is 4.90 Å². The minimum absolute atomic E-state index is 0.0141. The molecule has 6 heteroatoms. The van der Waals surface area contributed by atoms with E-state index < -0.39 is 6.10 Å². The molecule has 1 N–H and O–H groups in total. The molecule has 0 radical (unpaired) electrons. The number of thiophene rings is 1. The lowest BCUT2D eigenvalue weighted by Crippen LogP contribution is -2.41. The molecule has 1 aliphatic heterocycles. The van der Waals surface area contributed by atoms with Crippen LogP contribution in [0.25, 0.3) is 0 Å². The molecule has 0 bridgehead atoms. The molecule has 1 aliphatic rings. The van der Waals surface area contributed by atoms with Crippen LogP contribution in [0.15, 0.2) is 15.9 Å². The number of carbonyl (C=O) groups excluding carboxylic acids is 1. The van der Waals surface area contributed by atoms with E-state index in [1.165, 1.54) is 11.3 Å². The van der Waals surface area contributed by atoms with Crippen molar-refractivity contribution in [3.63, 3.8) is 0 Å². The number of amides is 1. The third kappa shape index (κ3) is 2.93. The van der Waals surface area contributed by atoms with Gasteiger partial charge in [-0.05, 0) is 47.9 Å². The second-order valence-corrected chi connectivity index (χ2v) is 6.63. The van der Waals surface area contributed by atoms with Crippen LogP contribution in [0.2, 0.25) is 0 Å². The molecular weight excluding hydrogens is 316 g/mol. The van der Waals surface area contributed by atoms with Gasteiger partial charge in [0.05, 0.1) is 6.10 Å². The van der Waals surface area contributed by atoms with Gasteiger partial charge in [-0.25, -0.2) is 0 Å². The summed E-state index contributed by atoms with van der Waals surface area (Å²) in [5.74, 6) is 0.0141. The number of carbonyl (C=O) groups is 1. The molecule has 0 aliphatic carbocycles. The molecule has 2 heterocycles. The Bertz CT molecular complexity index is 435. The summed E-state index contributed by atoms with van der Waals surface area (Å²) in [4.78, 5) is 17.0. The number of aliphatic hydroxyl groups excluding tert-OH is 1. The first-order chi connectivity index (χ1) is 8.49. The number of likely N-dealkylation sites (N-methyl/N-ethyl adjacent to an activating group) is 1. The van der Waals surface area contributed by atoms with Gasteiger partial charge in [0.2, 0.25) is 0 Å². The fourth-order valence-electron chi connectivity index (χ4n) is 2.31. The summed E-state index contributed by atoms with van der Waals surface area (Å²) < 4.78 is 0.836. The highest BCUT2D eigenvalue weighted by Gasteiger charge is 2.35. The molecule has 2 rings (SSSR count). The second kappa shape index (κ2) is 5.69. The molecule has 100 valence electrons. The number of hydrogen-bond donors (Lipinski definition) is 1. The third-order valence-electron chi connectivity index (χ3n) is 3.04. The largest absolute Gasteiger partial charge is 0.391 e. The van der Waals surface area contributed by atoms with Crippen LogP contribution in [-0.2, 0) is 0 Å². The SMILES string of the molecule is CN(C)CC1CC(O)CN1C(=O)c1sccc1Br. The number of β-amino-alcohol motifs (C(OH)–C–C–N with tert-alkyl or cyclic N) is 1. The fraction of sp³-hybridized carbons (Fsp3) is 0.583. The van der Waals surface area contributed by atoms with Crippen molar-refractivity contribution in [3.8, 4) is 0 Å². The van der Waals surface area contributed by atoms with Gasteiger partial charge in [0.1, 0.15) is 4.88 Å². The van der Waals surface area contributed by atoms with E-state index in [1.807, 2.05) is 30.4 Å². The van der Waals surface area contributed by atoms with Crippen molar-refractivity contribution in [1.29, 1.82) is 0 Å². The van der Waals surface area contributed by atoms with Crippen LogP contribution in [0.3, 0.4) is 0 Å². The van der Waals surface area contributed by atoms with Gasteiger partial charge >= 0.3 is 0 Å². The molecule has 1 fully saturated rings. The summed E-state index contributed by atoms with van der Waals surface area (Å²) >= 11 is 4.82. The van der Waals surface area contributed by atoms with E-state index >= 15 is 0 Å². The van der Waals surface area contributed by atoms with Crippen molar-refractivity contribution < 1.29 is 9.90 Å². The van der Waals surface area contributed by atoms with E-state index in [9.17, 15) is 9.90 Å². The van der Waals surface area contributed by atoms with Crippen molar-refractivity contribution in [1.82, 2.24) is 9.80 Å². The van der Waals surface area contributed by atoms with E-state index in [0.717, 1.165) is 11.0 Å². The molecule has 4 nitrogen and oxygen atoms in total. The molecular formula is C12H17BrN2O2S. The van der Waals surface area contributed by atoms with Crippen molar-refractivity contribution in [3.05, 3.63) is 20.8 Å². The van der Waals surface area contributed by atoms with Gasteiger partial charge in [0.15, 0.2) is 0 Å². The molecule has 1 amide bonds. The first-order valence-electron chi connectivity index (χ1n) is 5.85. The Kier molecular flexibility index (Phi) is 4.42. The van der Waals surface area contributed by atoms with E-state index in [4.69, 9.17) is 0 Å². The zero-order valence-electron chi connectivity index (χ0n) is 10.5. The van der Waals surface area contributed by atoms with Gasteiger partial charge in [-0.2, -0.15) is 0 Å². The van der Waals surface area contributed by atoms with Gasteiger partial charge in [0.25, 0.3) is 5.91 Å². The lowest BCUT2D eigenvalue weighted by Gasteiger charge is -2.26. The summed E-state index contributed by atoms with van der Waals surface area (Å²) in [6.07, 6.45) is 0.255. The first kappa shape index (κ1) is 14.0. The zero-order chi connectivity index (χ0) is 13.3. The molecule has 2 unspecified atom stereocenters. The summed E-state index contributed by atoms with van der Waals surface area (Å²) in [7, 11) is 3.96. The highest BCUT2D eigenvalue weighted by molar-refractivity contribution is 9.10. The van der Waals surface area contributed by atoms with Crippen LogP contribution in [0.1, 0.15) is 16.1 Å². The molecule has 1 aromatic heterocycles. The minimum atomic E-state index is -0.405. The predicted octanol–water partition coefficient (Wildman–Crippen LogP) is 1.65. The lowest BCUT2D eigenvalue weighted by molar-refractivity contribution is 0.0703. The predicted molar refractivity (Wildman–Crippen MR) is 76.0 cm³/mol. The Morgan fingerprint density at radius 3 is 2.94 bits per heavy atom. The Labute approximate surface area is 119 Å². The molecule has 2 atom stereocenters. The summed E-state index contributed by atoms with van der Waals surface area (Å²) in [6, 6.07) is 1.97. The standard InChI is InChI=1S/C12H17BrN2O2S/c1-14(2)6-8-5-9(16)7-15(8)12(17)11-10(13)3-4-18-11/h3-4,8-9,16H,5-7H2,1-2H3. The summed E-state index contributed by atoms with van der Waals surface area (Å²) in [6.45, 7) is 1.22. The van der Waals surface area contributed by atoms with E-state index in [0.29, 0.717) is 17.8 Å². The van der Waals surface area contributed by atoms with Gasteiger partial charge in [-0.3, -0.25) is 4.79 Å². The maximum Gasteiger partial charge on any atom is 0.265 e. The van der Waals surface area contributed by atoms with E-state index in [-0.39, 0.29) is 11.9 Å². The van der Waals surface area contributed by atoms with Gasteiger partial charge in [0, 0.05) is 23.6 Å². The van der Waals surface area contributed by atoms with Crippen LogP contribution in [-0.4, -0.2) is 60.1 Å². The Hall–Kier alpha value is -0.430. The molecule has 1 aromatic rings. The highest BCUT2D eigenvalue weighted by Crippen LogP contribution is 2.28. The molecule has 0 spiro atoms. The van der Waals surface area contributed by atoms with Gasteiger partial charge in [-0.15, -0.1) is 11.3 Å². The van der Waals surface area contributed by atoms with Crippen LogP contribution >= 0.6 is 27.3 Å². The van der Waals surface area contributed by atoms with Gasteiger partial charge in [-0.1, -0.05) is 0 Å². The van der Waals surface area contributed by atoms with Crippen LogP contribution < -0.4 is 0 Å². The monoisotopic (exact) mass is 332 g/mol. The van der Waals surface area contributed by atoms with Crippen LogP contribution in [0, 0.1) is 0 Å². The Morgan fingerprint density at radius 2 is 2.39 bits per heavy atom. The number of nitrogens with zero attached hydrogens (tertiary/aromatic N) is 2. The third-order valence-corrected chi connectivity index (χ3v) is 4.87. The molecule has 0 saturated carbocycles. The lowest BCUT2D eigenvalue weighted by atomic mass is 10.2. The van der Waals surface area contributed by atoms with Crippen molar-refractivity contribution in [2.75, 3.05) is 27.2 Å². The number of hydrogen-bond acceptors (Lipinski definition) is 4. The van der Waals surface area contributed by atoms with Crippen LogP contribution in [0.4, 0.5) is 0 Å². The number of halogens is 1. The maximum atomic E-state index is 12.4. The van der Waals surface area contributed by atoms with Crippen molar-refractivity contribution in [2.45, 2.75) is 18.6 Å². The average Bonchev–Trinajstić information content (AvgIpc) is 2.83. The summed E-state index contributed by atoms with van der Waals surface area (Å²) in [5.41, 5.74) is 0. The Morgan fingerprint density at radius 1 is 1.67 bits per heavy atom. The quantitative estimate of drug-likeness (QED) is 0.915. The molecule has 1 saturated heterocycles. The highest BCUT2D eigenvalue weighted by atomic mass is 79.9. The number of rotatable bonds is 3. The topological polar surface area (TPSA) is 43.8 Å². The molecule has 18 heavy (non-hydrogen) atoms. The normalized spacial score (nSPS) is 23.9. The van der Waals surface area contributed by atoms with E-state index in [2.05, 4.69) is 15.9 Å². The zero-order valence-corrected chi connectivity index (χ0v) is 12.9. The van der Waals surface area contributed by atoms with Crippen molar-refractivity contribution in [2.24, 2.45) is 0 Å². The number of aliphatic hydroxyl groups is 1. The average molecular weight is 333 g/mol. The minimum Gasteiger partial charge on any atom is -0.391 e. The first-order valence-corrected chi connectivity index (χ1v) is 7.53. The fourth-order valence-corrected chi connectivity index (χ4v) is 3.81. The second-order valence-electron chi connectivity index (χ2n) is 4.86. The van der Waals surface area contributed by atoms with Crippen LogP contribution in [0.5, 0.6) is 0 Å². The molecule has 0 aromatic carbocycles. The number of likely N-dealkylation sites (tertiary alicyclic amines) is 1. The summed E-state index contributed by atoms with van der Waals surface area (Å²) in [5, 5.41) is 11.7. The van der Waals surface area contributed by atoms with Gasteiger partial charge < -0.3 is 14.9 Å². The van der Waals surface area contributed by atoms with Crippen molar-refractivity contribution >= 4 is 33.2 Å².